The largest absolute Gasteiger partial charge is 0.495 e. The van der Waals surface area contributed by atoms with Crippen LogP contribution in [0.15, 0.2) is 23.1 Å². The van der Waals surface area contributed by atoms with Crippen LogP contribution in [0.25, 0.3) is 0 Å². The zero-order valence-electron chi connectivity index (χ0n) is 13.9. The average Bonchev–Trinajstić information content (AvgIpc) is 2.51. The Morgan fingerprint density at radius 1 is 1.29 bits per heavy atom. The zero-order chi connectivity index (χ0) is 18.5. The molecule has 1 aromatic rings. The highest BCUT2D eigenvalue weighted by atomic mass is 32.2. The molecule has 0 bridgehead atoms. The standard InChI is InChI=1S/C15H21NO7S/c1-5-23-15(19)10-6-7-11(22-4)12(8-10)24(20,21)16-13(9(2)3)14(17)18/h6-9,13,16H,5H2,1-4H3,(H,17,18)/t13-/m0/s1. The summed E-state index contributed by atoms with van der Waals surface area (Å²) in [6.07, 6.45) is 0. The molecule has 0 spiro atoms. The number of aliphatic carboxylic acids is 1. The molecule has 2 N–H and O–H groups in total. The van der Waals surface area contributed by atoms with Gasteiger partial charge in [0.1, 0.15) is 16.7 Å². The van der Waals surface area contributed by atoms with Crippen LogP contribution < -0.4 is 9.46 Å². The third-order valence-electron chi connectivity index (χ3n) is 3.18. The van der Waals surface area contributed by atoms with Gasteiger partial charge in [-0.15, -0.1) is 0 Å². The predicted octanol–water partition coefficient (Wildman–Crippen LogP) is 1.26. The molecule has 0 saturated carbocycles. The quantitative estimate of drug-likeness (QED) is 0.671. The van der Waals surface area contributed by atoms with E-state index >= 15 is 0 Å². The molecule has 1 aromatic carbocycles. The third-order valence-corrected chi connectivity index (χ3v) is 4.64. The summed E-state index contributed by atoms with van der Waals surface area (Å²) in [6.45, 7) is 4.92. The molecule has 1 rings (SSSR count). The zero-order valence-corrected chi connectivity index (χ0v) is 14.7. The van der Waals surface area contributed by atoms with E-state index in [4.69, 9.17) is 14.6 Å². The van der Waals surface area contributed by atoms with E-state index in [9.17, 15) is 18.0 Å². The smallest absolute Gasteiger partial charge is 0.338 e. The summed E-state index contributed by atoms with van der Waals surface area (Å²) in [5.41, 5.74) is 0.0226. The molecule has 134 valence electrons. The monoisotopic (exact) mass is 359 g/mol. The number of esters is 1. The summed E-state index contributed by atoms with van der Waals surface area (Å²) in [5.74, 6) is -2.47. The van der Waals surface area contributed by atoms with Crippen molar-refractivity contribution < 1.29 is 32.6 Å². The van der Waals surface area contributed by atoms with Gasteiger partial charge in [-0.25, -0.2) is 13.2 Å². The molecule has 0 fully saturated rings. The molecule has 0 unspecified atom stereocenters. The van der Waals surface area contributed by atoms with Crippen LogP contribution in [0, 0.1) is 5.92 Å². The van der Waals surface area contributed by atoms with Crippen LogP contribution in [0.5, 0.6) is 5.75 Å². The lowest BCUT2D eigenvalue weighted by Gasteiger charge is -2.19. The lowest BCUT2D eigenvalue weighted by molar-refractivity contribution is -0.140. The van der Waals surface area contributed by atoms with Crippen LogP contribution in [-0.2, 0) is 19.6 Å². The van der Waals surface area contributed by atoms with Crippen molar-refractivity contribution in [2.24, 2.45) is 5.92 Å². The van der Waals surface area contributed by atoms with Crippen molar-refractivity contribution >= 4 is 22.0 Å². The number of benzene rings is 1. The van der Waals surface area contributed by atoms with Crippen molar-refractivity contribution in [3.05, 3.63) is 23.8 Å². The summed E-state index contributed by atoms with van der Waals surface area (Å²) in [4.78, 5) is 22.7. The number of carbonyl (C=O) groups is 2. The molecule has 24 heavy (non-hydrogen) atoms. The lowest BCUT2D eigenvalue weighted by atomic mass is 10.1. The number of hydrogen-bond donors (Lipinski definition) is 2. The van der Waals surface area contributed by atoms with Crippen molar-refractivity contribution in [1.82, 2.24) is 4.72 Å². The minimum atomic E-state index is -4.23. The molecular weight excluding hydrogens is 338 g/mol. The van der Waals surface area contributed by atoms with Crippen LogP contribution in [0.1, 0.15) is 31.1 Å². The molecular formula is C15H21NO7S. The average molecular weight is 359 g/mol. The van der Waals surface area contributed by atoms with Gasteiger partial charge in [0, 0.05) is 0 Å². The highest BCUT2D eigenvalue weighted by Gasteiger charge is 2.30. The van der Waals surface area contributed by atoms with Crippen LogP contribution in [-0.4, -0.2) is 45.2 Å². The van der Waals surface area contributed by atoms with Crippen molar-refractivity contribution in [2.45, 2.75) is 31.7 Å². The predicted molar refractivity (Wildman–Crippen MR) is 85.5 cm³/mol. The van der Waals surface area contributed by atoms with Crippen LogP contribution in [0.3, 0.4) is 0 Å². The van der Waals surface area contributed by atoms with Crippen molar-refractivity contribution in [3.8, 4) is 5.75 Å². The Morgan fingerprint density at radius 3 is 2.38 bits per heavy atom. The molecule has 0 heterocycles. The van der Waals surface area contributed by atoms with E-state index in [0.717, 1.165) is 6.07 Å². The Balaban J connectivity index is 3.33. The minimum Gasteiger partial charge on any atom is -0.495 e. The number of rotatable bonds is 8. The van der Waals surface area contributed by atoms with Gasteiger partial charge in [-0.1, -0.05) is 13.8 Å². The molecule has 0 radical (unpaired) electrons. The number of methoxy groups -OCH3 is 1. The number of carboxylic acid groups (broad SMARTS) is 1. The fourth-order valence-corrected chi connectivity index (χ4v) is 3.46. The molecule has 0 aliphatic rings. The van der Waals surface area contributed by atoms with Gasteiger partial charge in [-0.05, 0) is 31.0 Å². The van der Waals surface area contributed by atoms with Crippen molar-refractivity contribution in [1.29, 1.82) is 0 Å². The lowest BCUT2D eigenvalue weighted by Crippen LogP contribution is -2.44. The second-order valence-corrected chi connectivity index (χ2v) is 6.95. The van der Waals surface area contributed by atoms with Gasteiger partial charge in [0.05, 0.1) is 19.3 Å². The summed E-state index contributed by atoms with van der Waals surface area (Å²) in [5, 5.41) is 9.16. The third kappa shape index (κ3) is 4.68. The van der Waals surface area contributed by atoms with Crippen LogP contribution >= 0.6 is 0 Å². The first-order chi connectivity index (χ1) is 11.1. The molecule has 0 saturated heterocycles. The number of carboxylic acids is 1. The molecule has 0 aromatic heterocycles. The topological polar surface area (TPSA) is 119 Å². The summed E-state index contributed by atoms with van der Waals surface area (Å²) in [6, 6.07) is 2.46. The Labute approximate surface area is 140 Å². The summed E-state index contributed by atoms with van der Waals surface area (Å²) in [7, 11) is -2.95. The van der Waals surface area contributed by atoms with E-state index in [1.165, 1.54) is 19.2 Å². The fourth-order valence-electron chi connectivity index (χ4n) is 1.93. The Bertz CT molecular complexity index is 713. The molecule has 0 aliphatic heterocycles. The van der Waals surface area contributed by atoms with Crippen molar-refractivity contribution in [2.75, 3.05) is 13.7 Å². The van der Waals surface area contributed by atoms with Crippen molar-refractivity contribution in [3.63, 3.8) is 0 Å². The van der Waals surface area contributed by atoms with E-state index in [2.05, 4.69) is 4.72 Å². The summed E-state index contributed by atoms with van der Waals surface area (Å²) >= 11 is 0. The Kier molecular flexibility index (Phi) is 6.73. The first kappa shape index (κ1) is 19.9. The molecule has 8 nitrogen and oxygen atoms in total. The number of carbonyl (C=O) groups excluding carboxylic acids is 1. The molecule has 0 aliphatic carbocycles. The maximum atomic E-state index is 12.6. The second kappa shape index (κ2) is 8.11. The highest BCUT2D eigenvalue weighted by Crippen LogP contribution is 2.26. The van der Waals surface area contributed by atoms with E-state index in [0.29, 0.717) is 0 Å². The fraction of sp³-hybridized carbons (Fsp3) is 0.467. The van der Waals surface area contributed by atoms with Gasteiger partial charge in [0.2, 0.25) is 10.0 Å². The number of ether oxygens (including phenoxy) is 2. The number of nitrogens with one attached hydrogen (secondary N) is 1. The van der Waals surface area contributed by atoms with Gasteiger partial charge in [0.25, 0.3) is 0 Å². The Hall–Kier alpha value is -2.13. The van der Waals surface area contributed by atoms with Crippen LogP contribution in [0.4, 0.5) is 0 Å². The highest BCUT2D eigenvalue weighted by molar-refractivity contribution is 7.89. The van der Waals surface area contributed by atoms with E-state index in [-0.39, 0.29) is 22.8 Å². The van der Waals surface area contributed by atoms with Gasteiger partial charge in [-0.2, -0.15) is 4.72 Å². The molecule has 0 amide bonds. The second-order valence-electron chi connectivity index (χ2n) is 5.27. The normalized spacial score (nSPS) is 12.7. The SMILES string of the molecule is CCOC(=O)c1ccc(OC)c(S(=O)(=O)N[C@H](C(=O)O)C(C)C)c1. The van der Waals surface area contributed by atoms with Gasteiger partial charge in [0.15, 0.2) is 0 Å². The minimum absolute atomic E-state index is 0.0107. The molecule has 9 heteroatoms. The summed E-state index contributed by atoms with van der Waals surface area (Å²) < 4.78 is 37.1. The maximum absolute atomic E-state index is 12.6. The Morgan fingerprint density at radius 2 is 1.92 bits per heavy atom. The maximum Gasteiger partial charge on any atom is 0.338 e. The first-order valence-electron chi connectivity index (χ1n) is 7.24. The van der Waals surface area contributed by atoms with Crippen LogP contribution in [0.2, 0.25) is 0 Å². The van der Waals surface area contributed by atoms with Gasteiger partial charge >= 0.3 is 11.9 Å². The molecule has 1 atom stereocenters. The number of hydrogen-bond acceptors (Lipinski definition) is 6. The number of sulfonamides is 1. The van der Waals surface area contributed by atoms with E-state index in [1.807, 2.05) is 0 Å². The van der Waals surface area contributed by atoms with E-state index < -0.39 is 33.9 Å². The first-order valence-corrected chi connectivity index (χ1v) is 8.72. The van der Waals surface area contributed by atoms with E-state index in [1.54, 1.807) is 20.8 Å². The van der Waals surface area contributed by atoms with Gasteiger partial charge in [-0.3, -0.25) is 4.79 Å². The van der Waals surface area contributed by atoms with Gasteiger partial charge < -0.3 is 14.6 Å².